The molecule has 1 heterocycles. The number of hydrogen-bond donors (Lipinski definition) is 1. The smallest absolute Gasteiger partial charge is 0.261 e. The molecule has 5 nitrogen and oxygen atoms in total. The Morgan fingerprint density at radius 2 is 1.60 bits per heavy atom. The molecule has 0 aromatic heterocycles. The molecule has 2 atom stereocenters. The number of carbonyl (C=O) groups is 2. The van der Waals surface area contributed by atoms with Gasteiger partial charge in [-0.15, -0.1) is 0 Å². The summed E-state index contributed by atoms with van der Waals surface area (Å²) >= 11 is 5.85. The molecule has 3 rings (SSSR count). The largest absolute Gasteiger partial charge is 0.389 e. The molecule has 0 aliphatic carbocycles. The quantitative estimate of drug-likeness (QED) is 0.805. The average molecular weight is 360 g/mol. The van der Waals surface area contributed by atoms with Gasteiger partial charge in [0.25, 0.3) is 11.8 Å². The summed E-state index contributed by atoms with van der Waals surface area (Å²) < 4.78 is 5.65. The Morgan fingerprint density at radius 3 is 2.16 bits per heavy atom. The number of β-amino-alcohol motifs (C(OH)–C–C–N with tert-alkyl or cyclic N) is 1. The lowest BCUT2D eigenvalue weighted by Crippen LogP contribution is -2.38. The molecule has 1 N–H and O–H groups in total. The number of aliphatic hydroxyl groups excluding tert-OH is 1. The molecular weight excluding hydrogens is 342 g/mol. The normalized spacial score (nSPS) is 16.0. The molecular formula is C19H18ClNO4. The highest BCUT2D eigenvalue weighted by Crippen LogP contribution is 2.23. The molecule has 6 heteroatoms. The third-order valence-electron chi connectivity index (χ3n) is 4.15. The summed E-state index contributed by atoms with van der Waals surface area (Å²) in [5, 5.41) is 10.8. The molecule has 2 amide bonds. The lowest BCUT2D eigenvalue weighted by atomic mass is 10.1. The van der Waals surface area contributed by atoms with E-state index in [0.29, 0.717) is 16.1 Å². The van der Waals surface area contributed by atoms with Crippen LogP contribution in [0.5, 0.6) is 0 Å². The van der Waals surface area contributed by atoms with Gasteiger partial charge in [-0.3, -0.25) is 14.5 Å². The van der Waals surface area contributed by atoms with Gasteiger partial charge in [0.05, 0.1) is 36.5 Å². The van der Waals surface area contributed by atoms with Crippen molar-refractivity contribution in [3.63, 3.8) is 0 Å². The number of aliphatic hydroxyl groups is 1. The van der Waals surface area contributed by atoms with Crippen LogP contribution in [-0.2, 0) is 4.74 Å². The van der Waals surface area contributed by atoms with E-state index in [1.54, 1.807) is 36.4 Å². The Labute approximate surface area is 150 Å². The van der Waals surface area contributed by atoms with Crippen molar-refractivity contribution < 1.29 is 19.4 Å². The predicted molar refractivity (Wildman–Crippen MR) is 93.6 cm³/mol. The molecule has 2 aromatic rings. The van der Waals surface area contributed by atoms with Crippen LogP contribution in [0.3, 0.4) is 0 Å². The summed E-state index contributed by atoms with van der Waals surface area (Å²) in [6.45, 7) is 1.77. The van der Waals surface area contributed by atoms with Crippen LogP contribution in [0.4, 0.5) is 0 Å². The summed E-state index contributed by atoms with van der Waals surface area (Å²) in [6, 6.07) is 13.9. The van der Waals surface area contributed by atoms with Crippen LogP contribution >= 0.6 is 11.6 Å². The van der Waals surface area contributed by atoms with Crippen LogP contribution in [0.15, 0.2) is 48.5 Å². The van der Waals surface area contributed by atoms with Crippen LogP contribution < -0.4 is 0 Å². The van der Waals surface area contributed by atoms with Gasteiger partial charge in [0.15, 0.2) is 0 Å². The fraction of sp³-hybridized carbons (Fsp3) is 0.263. The molecule has 130 valence electrons. The number of halogens is 1. The molecule has 1 aliphatic rings. The van der Waals surface area contributed by atoms with E-state index in [0.717, 1.165) is 10.5 Å². The van der Waals surface area contributed by atoms with Crippen molar-refractivity contribution in [3.05, 3.63) is 70.2 Å². The van der Waals surface area contributed by atoms with E-state index in [1.165, 1.54) is 0 Å². The second-order valence-corrected chi connectivity index (χ2v) is 6.38. The fourth-order valence-electron chi connectivity index (χ4n) is 2.75. The molecule has 0 bridgehead atoms. The number of fused-ring (bicyclic) bond motifs is 1. The first-order chi connectivity index (χ1) is 12.0. The highest BCUT2D eigenvalue weighted by molar-refractivity contribution is 6.30. The Kier molecular flexibility index (Phi) is 5.18. The van der Waals surface area contributed by atoms with Gasteiger partial charge < -0.3 is 9.84 Å². The van der Waals surface area contributed by atoms with Crippen molar-refractivity contribution in [3.8, 4) is 0 Å². The van der Waals surface area contributed by atoms with Gasteiger partial charge in [-0.25, -0.2) is 0 Å². The van der Waals surface area contributed by atoms with E-state index in [-0.39, 0.29) is 31.1 Å². The maximum absolute atomic E-state index is 12.3. The van der Waals surface area contributed by atoms with Crippen molar-refractivity contribution in [1.29, 1.82) is 0 Å². The van der Waals surface area contributed by atoms with Gasteiger partial charge in [0.1, 0.15) is 0 Å². The highest BCUT2D eigenvalue weighted by atomic mass is 35.5. The monoisotopic (exact) mass is 359 g/mol. The van der Waals surface area contributed by atoms with E-state index in [4.69, 9.17) is 16.3 Å². The number of benzene rings is 2. The minimum absolute atomic E-state index is 0.0111. The van der Waals surface area contributed by atoms with Crippen molar-refractivity contribution in [2.75, 3.05) is 13.2 Å². The molecule has 0 saturated heterocycles. The molecule has 0 unspecified atom stereocenters. The maximum atomic E-state index is 12.3. The predicted octanol–water partition coefficient (Wildman–Crippen LogP) is 3.07. The number of imide groups is 1. The summed E-state index contributed by atoms with van der Waals surface area (Å²) in [5.41, 5.74) is 1.67. The molecule has 0 saturated carbocycles. The van der Waals surface area contributed by atoms with Crippen LogP contribution in [0.1, 0.15) is 39.3 Å². The van der Waals surface area contributed by atoms with E-state index in [9.17, 15) is 14.7 Å². The zero-order chi connectivity index (χ0) is 18.0. The van der Waals surface area contributed by atoms with Gasteiger partial charge in [-0.2, -0.15) is 0 Å². The van der Waals surface area contributed by atoms with Crippen molar-refractivity contribution in [1.82, 2.24) is 4.90 Å². The van der Waals surface area contributed by atoms with Crippen LogP contribution in [0.2, 0.25) is 5.02 Å². The third kappa shape index (κ3) is 3.74. The Hall–Kier alpha value is -2.21. The zero-order valence-corrected chi connectivity index (χ0v) is 14.4. The molecule has 2 aromatic carbocycles. The topological polar surface area (TPSA) is 66.8 Å². The van der Waals surface area contributed by atoms with Crippen molar-refractivity contribution >= 4 is 23.4 Å². The summed E-state index contributed by atoms with van der Waals surface area (Å²) in [7, 11) is 0. The SMILES string of the molecule is C[C@@H](OC[C@H](O)CN1C(=O)c2ccccc2C1=O)c1ccc(Cl)cc1. The summed E-state index contributed by atoms with van der Waals surface area (Å²) in [5.74, 6) is -0.768. The zero-order valence-electron chi connectivity index (χ0n) is 13.7. The standard InChI is InChI=1S/C19H18ClNO4/c1-12(13-6-8-14(20)9-7-13)25-11-15(22)10-21-18(23)16-4-2-3-5-17(16)19(21)24/h2-9,12,15,22H,10-11H2,1H3/t12-,15-/m1/s1. The highest BCUT2D eigenvalue weighted by Gasteiger charge is 2.36. The molecule has 0 spiro atoms. The van der Waals surface area contributed by atoms with Gasteiger partial charge in [0.2, 0.25) is 0 Å². The molecule has 1 aliphatic heterocycles. The Morgan fingerprint density at radius 1 is 1.04 bits per heavy atom. The second kappa shape index (κ2) is 7.35. The minimum Gasteiger partial charge on any atom is -0.389 e. The van der Waals surface area contributed by atoms with Gasteiger partial charge in [-0.05, 0) is 36.8 Å². The lowest BCUT2D eigenvalue weighted by molar-refractivity contribution is -0.0117. The first kappa shape index (κ1) is 17.6. The number of rotatable bonds is 6. The van der Waals surface area contributed by atoms with E-state index in [1.807, 2.05) is 19.1 Å². The number of amides is 2. The van der Waals surface area contributed by atoms with Gasteiger partial charge >= 0.3 is 0 Å². The lowest BCUT2D eigenvalue weighted by Gasteiger charge is -2.20. The number of carbonyl (C=O) groups excluding carboxylic acids is 2. The minimum atomic E-state index is -0.961. The van der Waals surface area contributed by atoms with Crippen LogP contribution in [0, 0.1) is 0 Å². The first-order valence-electron chi connectivity index (χ1n) is 7.97. The maximum Gasteiger partial charge on any atom is 0.261 e. The van der Waals surface area contributed by atoms with Crippen molar-refractivity contribution in [2.24, 2.45) is 0 Å². The number of nitrogens with zero attached hydrogens (tertiary/aromatic N) is 1. The fourth-order valence-corrected chi connectivity index (χ4v) is 2.88. The van der Waals surface area contributed by atoms with E-state index in [2.05, 4.69) is 0 Å². The van der Waals surface area contributed by atoms with Crippen LogP contribution in [-0.4, -0.2) is 41.1 Å². The molecule has 0 radical (unpaired) electrons. The summed E-state index contributed by atoms with van der Waals surface area (Å²) in [6.07, 6.45) is -1.20. The van der Waals surface area contributed by atoms with Crippen molar-refractivity contribution in [2.45, 2.75) is 19.1 Å². The molecule has 25 heavy (non-hydrogen) atoms. The number of ether oxygens (including phenoxy) is 1. The number of hydrogen-bond acceptors (Lipinski definition) is 4. The van der Waals surface area contributed by atoms with E-state index < -0.39 is 6.10 Å². The second-order valence-electron chi connectivity index (χ2n) is 5.95. The molecule has 0 fully saturated rings. The average Bonchev–Trinajstić information content (AvgIpc) is 2.86. The first-order valence-corrected chi connectivity index (χ1v) is 8.35. The van der Waals surface area contributed by atoms with Crippen LogP contribution in [0.25, 0.3) is 0 Å². The van der Waals surface area contributed by atoms with E-state index >= 15 is 0 Å². The third-order valence-corrected chi connectivity index (χ3v) is 4.40. The Balaban J connectivity index is 1.56. The summed E-state index contributed by atoms with van der Waals surface area (Å²) in [4.78, 5) is 25.6. The van der Waals surface area contributed by atoms with Gasteiger partial charge in [0, 0.05) is 5.02 Å². The Bertz CT molecular complexity index is 755. The van der Waals surface area contributed by atoms with Gasteiger partial charge in [-0.1, -0.05) is 35.9 Å².